The highest BCUT2D eigenvalue weighted by atomic mass is 32.1. The molecule has 0 saturated carbocycles. The summed E-state index contributed by atoms with van der Waals surface area (Å²) in [5, 5.41) is 13.8. The summed E-state index contributed by atoms with van der Waals surface area (Å²) in [6.07, 6.45) is 2.62. The smallest absolute Gasteiger partial charge is 0.326 e. The predicted octanol–water partition coefficient (Wildman–Crippen LogP) is 2.21. The number of hydrogen-bond acceptors (Lipinski definition) is 5. The second-order valence-electron chi connectivity index (χ2n) is 5.54. The minimum Gasteiger partial charge on any atom is -0.480 e. The van der Waals surface area contributed by atoms with Crippen LogP contribution >= 0.6 is 11.3 Å². The summed E-state index contributed by atoms with van der Waals surface area (Å²) in [4.78, 5) is 41.1. The van der Waals surface area contributed by atoms with Crippen molar-refractivity contribution in [3.63, 3.8) is 0 Å². The Labute approximate surface area is 138 Å². The van der Waals surface area contributed by atoms with Crippen LogP contribution in [0, 0.1) is 5.92 Å². The number of aliphatic carboxylic acids is 1. The van der Waals surface area contributed by atoms with Crippen LogP contribution in [0.1, 0.15) is 50.0 Å². The zero-order valence-electron chi connectivity index (χ0n) is 13.2. The third kappa shape index (κ3) is 3.87. The molecule has 1 unspecified atom stereocenters. The molecule has 126 valence electrons. The number of carboxylic acids is 1. The van der Waals surface area contributed by atoms with Crippen molar-refractivity contribution in [3.8, 4) is 0 Å². The molecule has 1 atom stereocenters. The molecule has 1 fully saturated rings. The van der Waals surface area contributed by atoms with Crippen LogP contribution in [0.3, 0.4) is 0 Å². The van der Waals surface area contributed by atoms with E-state index in [0.717, 1.165) is 12.8 Å². The third-order valence-corrected chi connectivity index (χ3v) is 4.87. The van der Waals surface area contributed by atoms with Crippen molar-refractivity contribution in [1.82, 2.24) is 9.88 Å². The van der Waals surface area contributed by atoms with Gasteiger partial charge in [-0.1, -0.05) is 13.8 Å². The highest BCUT2D eigenvalue weighted by molar-refractivity contribution is 7.14. The lowest BCUT2D eigenvalue weighted by Crippen LogP contribution is -2.40. The highest BCUT2D eigenvalue weighted by Gasteiger charge is 2.35. The van der Waals surface area contributed by atoms with Gasteiger partial charge in [-0.05, 0) is 25.7 Å². The lowest BCUT2D eigenvalue weighted by Gasteiger charge is -2.20. The average Bonchev–Trinajstić information content (AvgIpc) is 3.16. The molecular formula is C15H21N3O4S. The van der Waals surface area contributed by atoms with E-state index in [1.54, 1.807) is 5.38 Å². The molecule has 2 heterocycles. The summed E-state index contributed by atoms with van der Waals surface area (Å²) in [6.45, 7) is 4.32. The van der Waals surface area contributed by atoms with Gasteiger partial charge in [-0.15, -0.1) is 11.3 Å². The van der Waals surface area contributed by atoms with Gasteiger partial charge in [-0.3, -0.25) is 9.59 Å². The number of carboxylic acid groups (broad SMARTS) is 1. The fraction of sp³-hybridized carbons (Fsp3) is 0.600. The molecule has 0 spiro atoms. The number of anilines is 1. The summed E-state index contributed by atoms with van der Waals surface area (Å²) < 4.78 is 0. The standard InChI is InChI=1S/C15H21N3O4S/c1-3-9(4-2)12(19)17-15-16-10(8-23-15)13(20)18-7-5-6-11(18)14(21)22/h8-9,11H,3-7H2,1-2H3,(H,21,22)(H,16,17,19). The van der Waals surface area contributed by atoms with Crippen LogP contribution in [0.4, 0.5) is 5.13 Å². The molecule has 7 nitrogen and oxygen atoms in total. The minimum atomic E-state index is -0.992. The van der Waals surface area contributed by atoms with E-state index >= 15 is 0 Å². The van der Waals surface area contributed by atoms with Crippen LogP contribution < -0.4 is 5.32 Å². The van der Waals surface area contributed by atoms with Crippen molar-refractivity contribution >= 4 is 34.3 Å². The van der Waals surface area contributed by atoms with Crippen LogP contribution in [-0.4, -0.2) is 45.4 Å². The lowest BCUT2D eigenvalue weighted by atomic mass is 10.0. The molecule has 23 heavy (non-hydrogen) atoms. The number of rotatable bonds is 6. The van der Waals surface area contributed by atoms with E-state index in [4.69, 9.17) is 5.11 Å². The zero-order valence-corrected chi connectivity index (χ0v) is 14.1. The van der Waals surface area contributed by atoms with Crippen molar-refractivity contribution in [2.45, 2.75) is 45.6 Å². The van der Waals surface area contributed by atoms with Gasteiger partial charge in [0.2, 0.25) is 5.91 Å². The Morgan fingerprint density at radius 3 is 2.74 bits per heavy atom. The first-order valence-electron chi connectivity index (χ1n) is 7.78. The fourth-order valence-electron chi connectivity index (χ4n) is 2.71. The number of carbonyl (C=O) groups excluding carboxylic acids is 2. The van der Waals surface area contributed by atoms with E-state index in [-0.39, 0.29) is 17.5 Å². The number of hydrogen-bond donors (Lipinski definition) is 2. The molecule has 2 rings (SSSR count). The van der Waals surface area contributed by atoms with E-state index in [0.29, 0.717) is 24.5 Å². The van der Waals surface area contributed by atoms with Gasteiger partial charge >= 0.3 is 5.97 Å². The molecule has 0 bridgehead atoms. The first kappa shape index (κ1) is 17.4. The average molecular weight is 339 g/mol. The lowest BCUT2D eigenvalue weighted by molar-refractivity contribution is -0.141. The van der Waals surface area contributed by atoms with Crippen LogP contribution in [0.5, 0.6) is 0 Å². The van der Waals surface area contributed by atoms with Gasteiger partial charge in [0.25, 0.3) is 5.91 Å². The summed E-state index contributed by atoms with van der Waals surface area (Å²) in [7, 11) is 0. The maximum absolute atomic E-state index is 12.4. The van der Waals surface area contributed by atoms with Gasteiger partial charge in [0.05, 0.1) is 0 Å². The van der Waals surface area contributed by atoms with Crippen LogP contribution in [0.25, 0.3) is 0 Å². The van der Waals surface area contributed by atoms with Crippen LogP contribution in [0.15, 0.2) is 5.38 Å². The molecular weight excluding hydrogens is 318 g/mol. The third-order valence-electron chi connectivity index (χ3n) is 4.11. The van der Waals surface area contributed by atoms with Gasteiger partial charge < -0.3 is 15.3 Å². The number of nitrogens with one attached hydrogen (secondary N) is 1. The second kappa shape index (κ2) is 7.54. The maximum Gasteiger partial charge on any atom is 0.326 e. The molecule has 0 aromatic carbocycles. The Bertz CT molecular complexity index is 597. The van der Waals surface area contributed by atoms with Gasteiger partial charge in [-0.25, -0.2) is 9.78 Å². The van der Waals surface area contributed by atoms with Crippen molar-refractivity contribution in [2.24, 2.45) is 5.92 Å². The molecule has 1 aromatic heterocycles. The topological polar surface area (TPSA) is 99.6 Å². The maximum atomic E-state index is 12.4. The molecule has 2 N–H and O–H groups in total. The summed E-state index contributed by atoms with van der Waals surface area (Å²) in [5.74, 6) is -1.57. The molecule has 1 aliphatic heterocycles. The van der Waals surface area contributed by atoms with E-state index in [1.807, 2.05) is 13.8 Å². The zero-order chi connectivity index (χ0) is 17.0. The molecule has 2 amide bonds. The van der Waals surface area contributed by atoms with Gasteiger partial charge in [0.15, 0.2) is 5.13 Å². The minimum absolute atomic E-state index is 0.0759. The monoisotopic (exact) mass is 339 g/mol. The summed E-state index contributed by atoms with van der Waals surface area (Å²) in [5.41, 5.74) is 0.183. The number of aromatic nitrogens is 1. The molecule has 1 saturated heterocycles. The van der Waals surface area contributed by atoms with E-state index < -0.39 is 17.9 Å². The van der Waals surface area contributed by atoms with Crippen molar-refractivity contribution < 1.29 is 19.5 Å². The Balaban J connectivity index is 2.05. The van der Waals surface area contributed by atoms with E-state index in [1.165, 1.54) is 16.2 Å². The molecule has 1 aromatic rings. The Kier molecular flexibility index (Phi) is 5.70. The Morgan fingerprint density at radius 1 is 1.43 bits per heavy atom. The van der Waals surface area contributed by atoms with E-state index in [9.17, 15) is 14.4 Å². The van der Waals surface area contributed by atoms with Gasteiger partial charge in [0.1, 0.15) is 11.7 Å². The normalized spacial score (nSPS) is 17.5. The van der Waals surface area contributed by atoms with E-state index in [2.05, 4.69) is 10.3 Å². The first-order chi connectivity index (χ1) is 11.0. The number of thiazole rings is 1. The largest absolute Gasteiger partial charge is 0.480 e. The molecule has 1 aliphatic rings. The summed E-state index contributed by atoms with van der Waals surface area (Å²) in [6, 6.07) is -0.785. The Morgan fingerprint density at radius 2 is 2.13 bits per heavy atom. The van der Waals surface area contributed by atoms with Crippen LogP contribution in [0.2, 0.25) is 0 Å². The fourth-order valence-corrected chi connectivity index (χ4v) is 3.40. The van der Waals surface area contributed by atoms with Gasteiger partial charge in [0, 0.05) is 17.8 Å². The van der Waals surface area contributed by atoms with Crippen molar-refractivity contribution in [2.75, 3.05) is 11.9 Å². The SMILES string of the molecule is CCC(CC)C(=O)Nc1nc(C(=O)N2CCCC2C(=O)O)cs1. The Hall–Kier alpha value is -1.96. The number of carbonyl (C=O) groups is 3. The van der Waals surface area contributed by atoms with Gasteiger partial charge in [-0.2, -0.15) is 0 Å². The molecule has 8 heteroatoms. The van der Waals surface area contributed by atoms with Crippen molar-refractivity contribution in [1.29, 1.82) is 0 Å². The molecule has 0 aliphatic carbocycles. The second-order valence-corrected chi connectivity index (χ2v) is 6.39. The van der Waals surface area contributed by atoms with Crippen molar-refractivity contribution in [3.05, 3.63) is 11.1 Å². The number of nitrogens with zero attached hydrogens (tertiary/aromatic N) is 2. The summed E-state index contributed by atoms with van der Waals surface area (Å²) >= 11 is 1.18. The molecule has 0 radical (unpaired) electrons. The first-order valence-corrected chi connectivity index (χ1v) is 8.66. The van der Waals surface area contributed by atoms with Crippen LogP contribution in [-0.2, 0) is 9.59 Å². The quantitative estimate of drug-likeness (QED) is 0.828. The number of likely N-dealkylation sites (tertiary alicyclic amines) is 1. The number of amides is 2. The predicted molar refractivity (Wildman–Crippen MR) is 86.5 cm³/mol. The highest BCUT2D eigenvalue weighted by Crippen LogP contribution is 2.23.